The van der Waals surface area contributed by atoms with Crippen molar-refractivity contribution in [3.05, 3.63) is 47.0 Å². The molecular weight excluding hydrogens is 454 g/mol. The highest BCUT2D eigenvalue weighted by molar-refractivity contribution is 8.01. The Morgan fingerprint density at radius 3 is 2.75 bits per heavy atom. The Morgan fingerprint density at radius 2 is 2.06 bits per heavy atom. The van der Waals surface area contributed by atoms with Crippen molar-refractivity contribution in [2.24, 2.45) is 0 Å². The van der Waals surface area contributed by atoms with E-state index in [0.29, 0.717) is 40.5 Å². The largest absolute Gasteiger partial charge is 0.419 e. The van der Waals surface area contributed by atoms with Gasteiger partial charge >= 0.3 is 0 Å². The van der Waals surface area contributed by atoms with Gasteiger partial charge < -0.3 is 19.2 Å². The summed E-state index contributed by atoms with van der Waals surface area (Å²) < 4.78 is 10.7. The number of halogens is 1. The zero-order valence-electron chi connectivity index (χ0n) is 18.0. The topological polar surface area (TPSA) is 114 Å². The molecule has 2 amide bonds. The molecule has 2 aromatic heterocycles. The fraction of sp³-hybridized carbons (Fsp3) is 0.381. The summed E-state index contributed by atoms with van der Waals surface area (Å²) in [5.74, 6) is 1.34. The Labute approximate surface area is 194 Å². The second kappa shape index (κ2) is 11.1. The molecule has 3 aromatic rings. The average Bonchev–Trinajstić information content (AvgIpc) is 3.40. The number of carbonyl (C=O) groups is 2. The Balaban J connectivity index is 1.56. The lowest BCUT2D eigenvalue weighted by molar-refractivity contribution is -0.129. The number of anilines is 1. The predicted octanol–water partition coefficient (Wildman–Crippen LogP) is 4.19. The third kappa shape index (κ3) is 6.33. The molecule has 0 bridgehead atoms. The Hall–Kier alpha value is -2.85. The SMILES string of the molecule is CCCN(Cc1nnc(-c2ccccc2Cl)o1)C(=O)CSC(C)C(=O)Nc1cc(C)on1. The van der Waals surface area contributed by atoms with Crippen LogP contribution in [0.5, 0.6) is 0 Å². The summed E-state index contributed by atoms with van der Waals surface area (Å²) in [5, 5.41) is 14.6. The third-order valence-electron chi connectivity index (χ3n) is 4.45. The number of aromatic nitrogens is 3. The molecule has 0 aliphatic rings. The Kier molecular flexibility index (Phi) is 8.29. The number of amides is 2. The number of aryl methyl sites for hydroxylation is 1. The first-order valence-corrected chi connectivity index (χ1v) is 11.5. The predicted molar refractivity (Wildman–Crippen MR) is 122 cm³/mol. The molecule has 32 heavy (non-hydrogen) atoms. The molecule has 11 heteroatoms. The van der Waals surface area contributed by atoms with Gasteiger partial charge in [-0.1, -0.05) is 35.8 Å². The van der Waals surface area contributed by atoms with Crippen LogP contribution in [-0.2, 0) is 16.1 Å². The molecule has 0 spiro atoms. The highest BCUT2D eigenvalue weighted by Gasteiger charge is 2.21. The fourth-order valence-corrected chi connectivity index (χ4v) is 3.80. The maximum atomic E-state index is 12.8. The number of thioether (sulfide) groups is 1. The molecule has 0 fully saturated rings. The number of benzene rings is 1. The van der Waals surface area contributed by atoms with Crippen LogP contribution in [0.25, 0.3) is 11.5 Å². The van der Waals surface area contributed by atoms with Gasteiger partial charge in [-0.2, -0.15) is 0 Å². The molecule has 170 valence electrons. The standard InChI is InChI=1S/C21H24ClN5O4S/c1-4-9-27(11-18-24-25-21(30-18)15-7-5-6-8-16(15)22)19(28)12-32-14(3)20(29)23-17-10-13(2)31-26-17/h5-8,10,14H,4,9,11-12H2,1-3H3,(H,23,26,29). The van der Waals surface area contributed by atoms with E-state index in [1.54, 1.807) is 36.9 Å². The molecule has 3 rings (SSSR count). The maximum Gasteiger partial charge on any atom is 0.249 e. The molecule has 1 N–H and O–H groups in total. The van der Waals surface area contributed by atoms with Gasteiger partial charge in [0, 0.05) is 12.6 Å². The van der Waals surface area contributed by atoms with Crippen molar-refractivity contribution in [3.8, 4) is 11.5 Å². The van der Waals surface area contributed by atoms with Crippen molar-refractivity contribution < 1.29 is 18.5 Å². The van der Waals surface area contributed by atoms with Crippen LogP contribution in [0.4, 0.5) is 5.82 Å². The highest BCUT2D eigenvalue weighted by atomic mass is 35.5. The first-order valence-electron chi connectivity index (χ1n) is 10.1. The number of rotatable bonds is 10. The summed E-state index contributed by atoms with van der Waals surface area (Å²) in [6.07, 6.45) is 0.767. The normalized spacial score (nSPS) is 11.9. The van der Waals surface area contributed by atoms with E-state index in [1.807, 2.05) is 19.1 Å². The number of hydrogen-bond donors (Lipinski definition) is 1. The van der Waals surface area contributed by atoms with Gasteiger partial charge in [0.05, 0.1) is 28.1 Å². The van der Waals surface area contributed by atoms with Crippen LogP contribution in [0.15, 0.2) is 39.3 Å². The third-order valence-corrected chi connectivity index (χ3v) is 5.91. The van der Waals surface area contributed by atoms with E-state index in [0.717, 1.165) is 6.42 Å². The Bertz CT molecular complexity index is 1070. The minimum atomic E-state index is -0.449. The number of carbonyl (C=O) groups excluding carboxylic acids is 2. The summed E-state index contributed by atoms with van der Waals surface area (Å²) in [4.78, 5) is 26.7. The molecule has 2 heterocycles. The monoisotopic (exact) mass is 477 g/mol. The van der Waals surface area contributed by atoms with E-state index in [9.17, 15) is 9.59 Å². The van der Waals surface area contributed by atoms with E-state index < -0.39 is 5.25 Å². The second-order valence-electron chi connectivity index (χ2n) is 7.06. The van der Waals surface area contributed by atoms with Crippen molar-refractivity contribution in [2.75, 3.05) is 17.6 Å². The van der Waals surface area contributed by atoms with Crippen LogP contribution in [0.2, 0.25) is 5.02 Å². The minimum Gasteiger partial charge on any atom is -0.419 e. The lowest BCUT2D eigenvalue weighted by Gasteiger charge is -2.21. The molecule has 1 aromatic carbocycles. The summed E-state index contributed by atoms with van der Waals surface area (Å²) in [6, 6.07) is 8.81. The van der Waals surface area contributed by atoms with Crippen molar-refractivity contribution in [1.29, 1.82) is 0 Å². The van der Waals surface area contributed by atoms with Crippen LogP contribution < -0.4 is 5.32 Å². The fourth-order valence-electron chi connectivity index (χ4n) is 2.80. The molecule has 9 nitrogen and oxygen atoms in total. The summed E-state index contributed by atoms with van der Waals surface area (Å²) in [5.41, 5.74) is 0.638. The quantitative estimate of drug-likeness (QED) is 0.462. The van der Waals surface area contributed by atoms with Crippen LogP contribution in [0.1, 0.15) is 31.9 Å². The van der Waals surface area contributed by atoms with Gasteiger partial charge in [-0.3, -0.25) is 9.59 Å². The zero-order valence-corrected chi connectivity index (χ0v) is 19.6. The molecule has 0 aliphatic heterocycles. The van der Waals surface area contributed by atoms with Gasteiger partial charge in [0.1, 0.15) is 5.76 Å². The van der Waals surface area contributed by atoms with Crippen LogP contribution >= 0.6 is 23.4 Å². The van der Waals surface area contributed by atoms with E-state index >= 15 is 0 Å². The van der Waals surface area contributed by atoms with Gasteiger partial charge in [0.2, 0.25) is 23.6 Å². The van der Waals surface area contributed by atoms with Gasteiger partial charge in [0.25, 0.3) is 0 Å². The summed E-state index contributed by atoms with van der Waals surface area (Å²) in [7, 11) is 0. The molecular formula is C21H24ClN5O4S. The van der Waals surface area contributed by atoms with E-state index in [2.05, 4.69) is 20.7 Å². The molecule has 0 saturated carbocycles. The van der Waals surface area contributed by atoms with E-state index in [4.69, 9.17) is 20.5 Å². The lowest BCUT2D eigenvalue weighted by Crippen LogP contribution is -2.34. The highest BCUT2D eigenvalue weighted by Crippen LogP contribution is 2.26. The number of hydrogen-bond acceptors (Lipinski definition) is 8. The molecule has 1 unspecified atom stereocenters. The molecule has 0 aliphatic carbocycles. The van der Waals surface area contributed by atoms with E-state index in [1.165, 1.54) is 11.8 Å². The number of nitrogens with zero attached hydrogens (tertiary/aromatic N) is 4. The zero-order chi connectivity index (χ0) is 23.1. The molecule has 0 radical (unpaired) electrons. The molecule has 0 saturated heterocycles. The smallest absolute Gasteiger partial charge is 0.249 e. The lowest BCUT2D eigenvalue weighted by atomic mass is 10.2. The molecule has 1 atom stereocenters. The van der Waals surface area contributed by atoms with Crippen LogP contribution in [0.3, 0.4) is 0 Å². The van der Waals surface area contributed by atoms with Gasteiger partial charge in [-0.05, 0) is 32.4 Å². The maximum absolute atomic E-state index is 12.8. The van der Waals surface area contributed by atoms with Gasteiger partial charge in [0.15, 0.2) is 5.82 Å². The van der Waals surface area contributed by atoms with Gasteiger partial charge in [-0.15, -0.1) is 22.0 Å². The summed E-state index contributed by atoms with van der Waals surface area (Å²) in [6.45, 7) is 6.17. The Morgan fingerprint density at radius 1 is 1.28 bits per heavy atom. The van der Waals surface area contributed by atoms with Crippen molar-refractivity contribution in [1.82, 2.24) is 20.3 Å². The van der Waals surface area contributed by atoms with Gasteiger partial charge in [-0.25, -0.2) is 0 Å². The summed E-state index contributed by atoms with van der Waals surface area (Å²) >= 11 is 7.43. The van der Waals surface area contributed by atoms with Crippen LogP contribution in [-0.4, -0.2) is 49.6 Å². The van der Waals surface area contributed by atoms with Crippen molar-refractivity contribution in [3.63, 3.8) is 0 Å². The average molecular weight is 478 g/mol. The van der Waals surface area contributed by atoms with E-state index in [-0.39, 0.29) is 24.1 Å². The first kappa shape index (κ1) is 23.8. The first-order chi connectivity index (χ1) is 15.4. The number of nitrogens with one attached hydrogen (secondary N) is 1. The van der Waals surface area contributed by atoms with Crippen molar-refractivity contribution >= 4 is 41.0 Å². The van der Waals surface area contributed by atoms with Crippen LogP contribution in [0, 0.1) is 6.92 Å². The minimum absolute atomic E-state index is 0.119. The van der Waals surface area contributed by atoms with Crippen molar-refractivity contribution in [2.45, 2.75) is 39.0 Å². The second-order valence-corrected chi connectivity index (χ2v) is 8.80.